The molecule has 5 nitrogen and oxygen atoms in total. The molecule has 0 saturated heterocycles. The van der Waals surface area contributed by atoms with Gasteiger partial charge in [0.05, 0.1) is 24.8 Å². The lowest BCUT2D eigenvalue weighted by Gasteiger charge is -2.19. The summed E-state index contributed by atoms with van der Waals surface area (Å²) in [5.41, 5.74) is 1.15. The largest absolute Gasteiger partial charge is 0.488 e. The first kappa shape index (κ1) is 13.9. The molecule has 0 bridgehead atoms. The van der Waals surface area contributed by atoms with Crippen LogP contribution < -0.4 is 10.1 Å². The lowest BCUT2D eigenvalue weighted by Crippen LogP contribution is -2.41. The van der Waals surface area contributed by atoms with E-state index in [1.54, 1.807) is 24.3 Å². The van der Waals surface area contributed by atoms with Crippen molar-refractivity contribution >= 4 is 23.6 Å². The predicted octanol–water partition coefficient (Wildman–Crippen LogP) is 0.585. The first-order chi connectivity index (χ1) is 9.13. The van der Waals surface area contributed by atoms with Crippen LogP contribution in [0, 0.1) is 0 Å². The lowest BCUT2D eigenvalue weighted by atomic mass is 10.1. The molecule has 0 aliphatic carbocycles. The van der Waals surface area contributed by atoms with E-state index >= 15 is 0 Å². The highest BCUT2D eigenvalue weighted by Gasteiger charge is 2.19. The number of amides is 1. The first-order valence-electron chi connectivity index (χ1n) is 5.79. The van der Waals surface area contributed by atoms with Crippen LogP contribution in [0.1, 0.15) is 5.56 Å². The van der Waals surface area contributed by atoms with Gasteiger partial charge in [-0.2, -0.15) is 0 Å². The van der Waals surface area contributed by atoms with Crippen molar-refractivity contribution in [2.75, 3.05) is 19.8 Å². The number of halogens is 1. The summed E-state index contributed by atoms with van der Waals surface area (Å²) in [7, 11) is 0. The molecule has 0 radical (unpaired) electrons. The van der Waals surface area contributed by atoms with Gasteiger partial charge >= 0.3 is 0 Å². The third-order valence-electron chi connectivity index (χ3n) is 2.75. The summed E-state index contributed by atoms with van der Waals surface area (Å²) in [4.78, 5) is 11.9. The summed E-state index contributed by atoms with van der Waals surface area (Å²) >= 11 is 5.88. The summed E-state index contributed by atoms with van der Waals surface area (Å²) in [5.74, 6) is 0.292. The number of ether oxygens (including phenoxy) is 1. The molecule has 1 aliphatic heterocycles. The summed E-state index contributed by atoms with van der Waals surface area (Å²) in [6, 6.07) is 4.49. The fourth-order valence-corrected chi connectivity index (χ4v) is 1.89. The van der Waals surface area contributed by atoms with Crippen molar-refractivity contribution in [3.05, 3.63) is 34.4 Å². The van der Waals surface area contributed by atoms with Crippen LogP contribution in [0.25, 0.3) is 6.08 Å². The van der Waals surface area contributed by atoms with Gasteiger partial charge in [0, 0.05) is 10.6 Å². The van der Waals surface area contributed by atoms with Crippen LogP contribution in [0.2, 0.25) is 5.02 Å². The van der Waals surface area contributed by atoms with Crippen molar-refractivity contribution in [3.8, 4) is 5.75 Å². The van der Waals surface area contributed by atoms with Crippen molar-refractivity contribution in [1.29, 1.82) is 0 Å². The number of carbonyl (C=O) groups excluding carboxylic acids is 1. The number of hydrogen-bond donors (Lipinski definition) is 3. The molecule has 1 heterocycles. The van der Waals surface area contributed by atoms with Gasteiger partial charge in [-0.3, -0.25) is 4.79 Å². The van der Waals surface area contributed by atoms with E-state index in [0.717, 1.165) is 5.56 Å². The molecule has 3 N–H and O–H groups in total. The van der Waals surface area contributed by atoms with Gasteiger partial charge in [0.1, 0.15) is 12.4 Å². The Bertz CT molecular complexity index is 511. The summed E-state index contributed by atoms with van der Waals surface area (Å²) < 4.78 is 5.45. The number of nitrogens with one attached hydrogen (secondary N) is 1. The second kappa shape index (κ2) is 6.06. The Hall–Kier alpha value is -1.56. The molecule has 0 fully saturated rings. The zero-order valence-corrected chi connectivity index (χ0v) is 10.9. The van der Waals surface area contributed by atoms with Gasteiger partial charge in [-0.1, -0.05) is 11.6 Å². The minimum atomic E-state index is -0.672. The molecule has 1 aliphatic rings. The number of carbonyl (C=O) groups is 1. The van der Waals surface area contributed by atoms with Crippen LogP contribution in [0.15, 0.2) is 23.8 Å². The lowest BCUT2D eigenvalue weighted by molar-refractivity contribution is -0.119. The molecular formula is C13H14ClNO4. The molecular weight excluding hydrogens is 270 g/mol. The smallest absolute Gasteiger partial charge is 0.251 e. The Morgan fingerprint density at radius 2 is 2.16 bits per heavy atom. The van der Waals surface area contributed by atoms with Crippen LogP contribution in [0.3, 0.4) is 0 Å². The van der Waals surface area contributed by atoms with Crippen molar-refractivity contribution in [2.45, 2.75) is 6.04 Å². The summed E-state index contributed by atoms with van der Waals surface area (Å²) in [6.45, 7) is -0.498. The molecule has 1 aromatic rings. The Balaban J connectivity index is 2.16. The normalized spacial score (nSPS) is 13.6. The van der Waals surface area contributed by atoms with Crippen molar-refractivity contribution in [1.82, 2.24) is 5.32 Å². The van der Waals surface area contributed by atoms with E-state index in [-0.39, 0.29) is 25.7 Å². The molecule has 1 amide bonds. The highest BCUT2D eigenvalue weighted by Crippen LogP contribution is 2.28. The maximum absolute atomic E-state index is 11.9. The highest BCUT2D eigenvalue weighted by molar-refractivity contribution is 6.30. The number of aliphatic hydroxyl groups is 2. The number of fused-ring (bicyclic) bond motifs is 1. The number of rotatable bonds is 4. The predicted molar refractivity (Wildman–Crippen MR) is 71.0 cm³/mol. The fraction of sp³-hybridized carbons (Fsp3) is 0.308. The molecule has 0 unspecified atom stereocenters. The number of benzene rings is 1. The molecule has 0 spiro atoms. The second-order valence-corrected chi connectivity index (χ2v) is 4.61. The molecule has 0 saturated carbocycles. The van der Waals surface area contributed by atoms with Crippen LogP contribution in [-0.4, -0.2) is 42.0 Å². The average molecular weight is 284 g/mol. The topological polar surface area (TPSA) is 78.8 Å². The van der Waals surface area contributed by atoms with Crippen LogP contribution >= 0.6 is 11.6 Å². The van der Waals surface area contributed by atoms with Gasteiger partial charge in [0.2, 0.25) is 0 Å². The van der Waals surface area contributed by atoms with E-state index in [1.807, 2.05) is 0 Å². The van der Waals surface area contributed by atoms with Gasteiger partial charge in [0.25, 0.3) is 5.91 Å². The van der Waals surface area contributed by atoms with Crippen LogP contribution in [0.5, 0.6) is 5.75 Å². The molecule has 1 aromatic carbocycles. The molecule has 0 atom stereocenters. The Kier molecular flexibility index (Phi) is 4.42. The Morgan fingerprint density at radius 3 is 2.84 bits per heavy atom. The summed E-state index contributed by atoms with van der Waals surface area (Å²) in [5, 5.41) is 20.9. The molecule has 0 aromatic heterocycles. The van der Waals surface area contributed by atoms with Crippen LogP contribution in [0.4, 0.5) is 0 Å². The van der Waals surface area contributed by atoms with E-state index < -0.39 is 6.04 Å². The standard InChI is InChI=1S/C13H14ClNO4/c14-10-1-2-12-8(4-10)3-9(7-19-12)13(18)15-11(5-16)6-17/h1-4,11,16-17H,5-7H2,(H,15,18). The minimum absolute atomic E-state index is 0.143. The van der Waals surface area contributed by atoms with Gasteiger partial charge in [0.15, 0.2) is 0 Å². The highest BCUT2D eigenvalue weighted by atomic mass is 35.5. The maximum atomic E-state index is 11.9. The number of hydrogen-bond acceptors (Lipinski definition) is 4. The molecule has 102 valence electrons. The van der Waals surface area contributed by atoms with Crippen molar-refractivity contribution in [3.63, 3.8) is 0 Å². The third kappa shape index (κ3) is 3.26. The molecule has 2 rings (SSSR count). The van der Waals surface area contributed by atoms with Gasteiger partial charge in [-0.05, 0) is 24.3 Å². The maximum Gasteiger partial charge on any atom is 0.251 e. The zero-order chi connectivity index (χ0) is 13.8. The Morgan fingerprint density at radius 1 is 1.42 bits per heavy atom. The van der Waals surface area contributed by atoms with Crippen molar-refractivity contribution < 1.29 is 19.7 Å². The average Bonchev–Trinajstić information content (AvgIpc) is 2.43. The van der Waals surface area contributed by atoms with Gasteiger partial charge in [-0.25, -0.2) is 0 Å². The van der Waals surface area contributed by atoms with Crippen molar-refractivity contribution in [2.24, 2.45) is 0 Å². The van der Waals surface area contributed by atoms with Crippen LogP contribution in [-0.2, 0) is 4.79 Å². The molecule has 6 heteroatoms. The summed E-state index contributed by atoms with van der Waals surface area (Å²) in [6.07, 6.45) is 1.69. The third-order valence-corrected chi connectivity index (χ3v) is 2.99. The second-order valence-electron chi connectivity index (χ2n) is 4.18. The minimum Gasteiger partial charge on any atom is -0.488 e. The van der Waals surface area contributed by atoms with E-state index in [0.29, 0.717) is 16.3 Å². The van der Waals surface area contributed by atoms with E-state index in [2.05, 4.69) is 5.32 Å². The first-order valence-corrected chi connectivity index (χ1v) is 6.17. The van der Waals surface area contributed by atoms with Gasteiger partial charge < -0.3 is 20.3 Å². The molecule has 19 heavy (non-hydrogen) atoms. The van der Waals surface area contributed by atoms with E-state index in [4.69, 9.17) is 26.6 Å². The quantitative estimate of drug-likeness (QED) is 0.755. The fourth-order valence-electron chi connectivity index (χ4n) is 1.71. The Labute approximate surface area is 115 Å². The van der Waals surface area contributed by atoms with Gasteiger partial charge in [-0.15, -0.1) is 0 Å². The number of aliphatic hydroxyl groups excluding tert-OH is 2. The monoisotopic (exact) mass is 283 g/mol. The van der Waals surface area contributed by atoms with E-state index in [9.17, 15) is 4.79 Å². The zero-order valence-electron chi connectivity index (χ0n) is 10.1. The SMILES string of the molecule is O=C(NC(CO)CO)C1=Cc2cc(Cl)ccc2OC1. The van der Waals surface area contributed by atoms with E-state index in [1.165, 1.54) is 0 Å².